The highest BCUT2D eigenvalue weighted by Gasteiger charge is 2.19. The first-order valence-corrected chi connectivity index (χ1v) is 5.87. The van der Waals surface area contributed by atoms with Gasteiger partial charge < -0.3 is 10.0 Å². The zero-order chi connectivity index (χ0) is 10.3. The van der Waals surface area contributed by atoms with Crippen LogP contribution in [-0.4, -0.2) is 17.2 Å². The molecular formula is C8H5BBrClO2S. The van der Waals surface area contributed by atoms with Crippen molar-refractivity contribution in [1.82, 2.24) is 0 Å². The van der Waals surface area contributed by atoms with E-state index in [0.717, 1.165) is 14.6 Å². The van der Waals surface area contributed by atoms with Crippen molar-refractivity contribution in [1.29, 1.82) is 0 Å². The van der Waals surface area contributed by atoms with E-state index in [9.17, 15) is 0 Å². The minimum Gasteiger partial charge on any atom is -0.423 e. The van der Waals surface area contributed by atoms with E-state index in [2.05, 4.69) is 15.9 Å². The molecule has 1 heterocycles. The molecule has 0 atom stereocenters. The van der Waals surface area contributed by atoms with Crippen LogP contribution in [0.2, 0.25) is 5.02 Å². The summed E-state index contributed by atoms with van der Waals surface area (Å²) in [6, 6.07) is 3.57. The molecule has 0 aliphatic rings. The van der Waals surface area contributed by atoms with E-state index in [4.69, 9.17) is 21.6 Å². The summed E-state index contributed by atoms with van der Waals surface area (Å²) < 4.78 is 1.69. The van der Waals surface area contributed by atoms with Gasteiger partial charge in [0.1, 0.15) is 0 Å². The molecule has 72 valence electrons. The van der Waals surface area contributed by atoms with E-state index in [1.807, 2.05) is 0 Å². The van der Waals surface area contributed by atoms with E-state index in [1.54, 1.807) is 17.5 Å². The Morgan fingerprint density at radius 3 is 2.71 bits per heavy atom. The summed E-state index contributed by atoms with van der Waals surface area (Å²) in [4.78, 5) is 0. The van der Waals surface area contributed by atoms with Crippen LogP contribution in [0.25, 0.3) is 10.1 Å². The third-order valence-electron chi connectivity index (χ3n) is 1.93. The van der Waals surface area contributed by atoms with E-state index in [1.165, 1.54) is 11.3 Å². The van der Waals surface area contributed by atoms with Crippen molar-refractivity contribution < 1.29 is 10.0 Å². The molecule has 0 fully saturated rings. The molecule has 0 bridgehead atoms. The SMILES string of the molecule is OB(O)c1csc2c(Cl)ccc(Br)c12. The van der Waals surface area contributed by atoms with Crippen LogP contribution in [0.15, 0.2) is 22.0 Å². The van der Waals surface area contributed by atoms with Crippen molar-refractivity contribution in [2.24, 2.45) is 0 Å². The van der Waals surface area contributed by atoms with E-state index >= 15 is 0 Å². The Bertz CT molecular complexity index is 485. The predicted molar refractivity (Wildman–Crippen MR) is 64.4 cm³/mol. The Balaban J connectivity index is 2.84. The highest BCUT2D eigenvalue weighted by atomic mass is 79.9. The number of thiophene rings is 1. The summed E-state index contributed by atoms with van der Waals surface area (Å²) >= 11 is 10.7. The topological polar surface area (TPSA) is 40.5 Å². The minimum atomic E-state index is -1.46. The van der Waals surface area contributed by atoms with E-state index < -0.39 is 7.12 Å². The Morgan fingerprint density at radius 2 is 2.07 bits per heavy atom. The van der Waals surface area contributed by atoms with E-state index in [0.29, 0.717) is 10.5 Å². The molecule has 0 saturated carbocycles. The lowest BCUT2D eigenvalue weighted by molar-refractivity contribution is 0.426. The third kappa shape index (κ3) is 1.59. The maximum Gasteiger partial charge on any atom is 0.489 e. The zero-order valence-corrected chi connectivity index (χ0v) is 10.0. The summed E-state index contributed by atoms with van der Waals surface area (Å²) in [5, 5.41) is 21.3. The lowest BCUT2D eigenvalue weighted by Gasteiger charge is -2.00. The summed E-state index contributed by atoms with van der Waals surface area (Å²) in [6.07, 6.45) is 0. The number of hydrogen-bond acceptors (Lipinski definition) is 3. The molecule has 0 aliphatic carbocycles. The van der Waals surface area contributed by atoms with Gasteiger partial charge in [0.05, 0.1) is 9.72 Å². The molecule has 2 nitrogen and oxygen atoms in total. The molecule has 0 spiro atoms. The molecule has 2 aromatic rings. The molecule has 0 unspecified atom stereocenters. The number of halogens is 2. The monoisotopic (exact) mass is 290 g/mol. The van der Waals surface area contributed by atoms with Gasteiger partial charge in [0.25, 0.3) is 0 Å². The largest absolute Gasteiger partial charge is 0.489 e. The van der Waals surface area contributed by atoms with Crippen molar-refractivity contribution in [3.05, 3.63) is 27.0 Å². The molecule has 2 N–H and O–H groups in total. The first-order valence-electron chi connectivity index (χ1n) is 3.82. The molecule has 0 amide bonds. The van der Waals surface area contributed by atoms with Gasteiger partial charge in [-0.2, -0.15) is 0 Å². The molecule has 0 aliphatic heterocycles. The van der Waals surface area contributed by atoms with Gasteiger partial charge in [-0.25, -0.2) is 0 Å². The molecule has 14 heavy (non-hydrogen) atoms. The van der Waals surface area contributed by atoms with Gasteiger partial charge in [0.2, 0.25) is 0 Å². The fourth-order valence-corrected chi connectivity index (χ4v) is 3.28. The quantitative estimate of drug-likeness (QED) is 0.789. The van der Waals surface area contributed by atoms with Crippen LogP contribution in [0.1, 0.15) is 0 Å². The first-order chi connectivity index (χ1) is 6.61. The second kappa shape index (κ2) is 3.83. The van der Waals surface area contributed by atoms with Crippen molar-refractivity contribution in [2.75, 3.05) is 0 Å². The highest BCUT2D eigenvalue weighted by molar-refractivity contribution is 9.10. The Morgan fingerprint density at radius 1 is 1.36 bits per heavy atom. The van der Waals surface area contributed by atoms with Crippen LogP contribution in [0.3, 0.4) is 0 Å². The zero-order valence-electron chi connectivity index (χ0n) is 6.87. The lowest BCUT2D eigenvalue weighted by Crippen LogP contribution is -2.28. The highest BCUT2D eigenvalue weighted by Crippen LogP contribution is 2.32. The van der Waals surface area contributed by atoms with Gasteiger partial charge in [0.15, 0.2) is 0 Å². The first kappa shape index (κ1) is 10.5. The molecule has 0 radical (unpaired) electrons. The smallest absolute Gasteiger partial charge is 0.423 e. The third-order valence-corrected chi connectivity index (χ3v) is 4.05. The van der Waals surface area contributed by atoms with Gasteiger partial charge in [-0.15, -0.1) is 11.3 Å². The normalized spacial score (nSPS) is 10.9. The van der Waals surface area contributed by atoms with Gasteiger partial charge in [-0.1, -0.05) is 27.5 Å². The maximum atomic E-state index is 9.12. The second-order valence-corrected chi connectivity index (χ2v) is 4.94. The molecule has 0 saturated heterocycles. The van der Waals surface area contributed by atoms with Crippen LogP contribution in [0.4, 0.5) is 0 Å². The van der Waals surface area contributed by atoms with Crippen LogP contribution in [0.5, 0.6) is 0 Å². The fourth-order valence-electron chi connectivity index (χ4n) is 1.29. The second-order valence-electron chi connectivity index (χ2n) is 2.80. The average molecular weight is 291 g/mol. The van der Waals surface area contributed by atoms with Gasteiger partial charge in [-0.3, -0.25) is 0 Å². The number of fused-ring (bicyclic) bond motifs is 1. The van der Waals surface area contributed by atoms with Crippen LogP contribution >= 0.6 is 38.9 Å². The molecule has 1 aromatic carbocycles. The maximum absolute atomic E-state index is 9.12. The average Bonchev–Trinajstić information content (AvgIpc) is 2.56. The van der Waals surface area contributed by atoms with Gasteiger partial charge >= 0.3 is 7.12 Å². The lowest BCUT2D eigenvalue weighted by atomic mass is 9.80. The fraction of sp³-hybridized carbons (Fsp3) is 0. The van der Waals surface area contributed by atoms with Crippen LogP contribution in [0, 0.1) is 0 Å². The summed E-state index contributed by atoms with van der Waals surface area (Å²) in [6.45, 7) is 0. The van der Waals surface area contributed by atoms with Gasteiger partial charge in [0, 0.05) is 15.3 Å². The molecule has 1 aromatic heterocycles. The minimum absolute atomic E-state index is 0.486. The number of benzene rings is 1. The Hall–Kier alpha value is -0.0651. The predicted octanol–water partition coefficient (Wildman–Crippen LogP) is 2.00. The summed E-state index contributed by atoms with van der Waals surface area (Å²) in [5.74, 6) is 0. The van der Waals surface area contributed by atoms with E-state index in [-0.39, 0.29) is 0 Å². The summed E-state index contributed by atoms with van der Waals surface area (Å²) in [5.41, 5.74) is 0.486. The van der Waals surface area contributed by atoms with Crippen molar-refractivity contribution in [3.63, 3.8) is 0 Å². The Kier molecular flexibility index (Phi) is 2.86. The molecular weight excluding hydrogens is 286 g/mol. The van der Waals surface area contributed by atoms with Crippen LogP contribution < -0.4 is 5.46 Å². The standard InChI is InChI=1S/C8H5BBrClO2S/c10-5-1-2-6(11)8-7(5)4(3-14-8)9(12)13/h1-3,12-13H. The number of hydrogen-bond donors (Lipinski definition) is 2. The van der Waals surface area contributed by atoms with Crippen molar-refractivity contribution in [3.8, 4) is 0 Å². The molecule has 6 heteroatoms. The Labute approximate surface area is 98.4 Å². The molecule has 2 rings (SSSR count). The van der Waals surface area contributed by atoms with Crippen LogP contribution in [-0.2, 0) is 0 Å². The number of rotatable bonds is 1. The van der Waals surface area contributed by atoms with Gasteiger partial charge in [-0.05, 0) is 17.5 Å². The summed E-state index contributed by atoms with van der Waals surface area (Å²) in [7, 11) is -1.46. The van der Waals surface area contributed by atoms with Crippen molar-refractivity contribution in [2.45, 2.75) is 0 Å². The van der Waals surface area contributed by atoms with Crippen molar-refractivity contribution >= 4 is 61.5 Å².